The number of ketones is 1. The molecule has 0 aliphatic carbocycles. The van der Waals surface area contributed by atoms with E-state index in [1.165, 1.54) is 40.2 Å². The fourth-order valence-electron chi connectivity index (χ4n) is 4.37. The fraction of sp³-hybridized carbons (Fsp3) is 0.226. The van der Waals surface area contributed by atoms with Crippen molar-refractivity contribution in [1.82, 2.24) is 19.7 Å². The number of anilines is 2. The first-order valence-corrected chi connectivity index (χ1v) is 16.6. The third kappa shape index (κ3) is 8.57. The molecule has 0 saturated carbocycles. The van der Waals surface area contributed by atoms with E-state index >= 15 is 0 Å². The Bertz CT molecular complexity index is 1950. The van der Waals surface area contributed by atoms with Crippen LogP contribution in [0.5, 0.6) is 11.5 Å². The van der Waals surface area contributed by atoms with E-state index in [1.807, 2.05) is 13.0 Å². The number of hydrogen-bond acceptors (Lipinski definition) is 11. The average molecular weight is 700 g/mol. The Kier molecular flexibility index (Phi) is 11.2. The van der Waals surface area contributed by atoms with Gasteiger partial charge in [-0.2, -0.15) is 5.10 Å². The number of Topliss-reactive ketones (excluding diaryl/α,β-unsaturated/α-hetero) is 1. The van der Waals surface area contributed by atoms with Gasteiger partial charge in [0.05, 0.1) is 23.6 Å². The molecule has 46 heavy (non-hydrogen) atoms. The van der Waals surface area contributed by atoms with Gasteiger partial charge in [0.15, 0.2) is 14.1 Å². The third-order valence-corrected chi connectivity index (χ3v) is 9.23. The van der Waals surface area contributed by atoms with Gasteiger partial charge in [-0.05, 0) is 49.5 Å². The van der Waals surface area contributed by atoms with Crippen LogP contribution < -0.4 is 14.8 Å². The first-order valence-electron chi connectivity index (χ1n) is 14.0. The number of rotatable bonds is 15. The number of nitrogens with zero attached hydrogens (tertiary/aromatic N) is 4. The number of carbonyl (C=O) groups excluding carboxylic acids is 1. The highest BCUT2D eigenvalue weighted by Gasteiger charge is 2.17. The number of aromatic nitrogens is 4. The molecule has 0 aliphatic heterocycles. The van der Waals surface area contributed by atoms with Crippen molar-refractivity contribution < 1.29 is 28.6 Å². The molecule has 2 N–H and O–H groups in total. The number of carbonyl (C=O) groups is 2. The molecule has 5 rings (SSSR count). The third-order valence-electron chi connectivity index (χ3n) is 6.50. The lowest BCUT2D eigenvalue weighted by Crippen LogP contribution is -2.14. The summed E-state index contributed by atoms with van der Waals surface area (Å²) in [6.07, 6.45) is 1.47. The number of thioether (sulfide) groups is 1. The molecule has 0 fully saturated rings. The summed E-state index contributed by atoms with van der Waals surface area (Å²) in [7, 11) is 0. The van der Waals surface area contributed by atoms with Gasteiger partial charge in [0.25, 0.3) is 0 Å². The van der Waals surface area contributed by atoms with Crippen LogP contribution in [0.4, 0.5) is 15.9 Å². The van der Waals surface area contributed by atoms with Crippen molar-refractivity contribution in [2.75, 3.05) is 17.7 Å². The number of fused-ring (bicyclic) bond motifs is 1. The van der Waals surface area contributed by atoms with E-state index in [0.29, 0.717) is 70.7 Å². The lowest BCUT2D eigenvalue weighted by Gasteiger charge is -2.14. The Balaban J connectivity index is 1.33. The van der Waals surface area contributed by atoms with Gasteiger partial charge in [0.1, 0.15) is 42.6 Å². The van der Waals surface area contributed by atoms with Crippen LogP contribution in [0, 0.1) is 9.77 Å². The molecule has 0 radical (unpaired) electrons. The van der Waals surface area contributed by atoms with E-state index in [9.17, 15) is 14.0 Å². The van der Waals surface area contributed by atoms with E-state index in [2.05, 4.69) is 20.4 Å². The molecular weight excluding hydrogens is 673 g/mol. The molecule has 238 valence electrons. The Labute approximate surface area is 281 Å². The minimum atomic E-state index is -0.889. The molecule has 10 nitrogen and oxygen atoms in total. The van der Waals surface area contributed by atoms with Gasteiger partial charge in [-0.25, -0.2) is 19.0 Å². The van der Waals surface area contributed by atoms with Crippen LogP contribution in [0.2, 0.25) is 5.02 Å². The molecule has 0 spiro atoms. The minimum absolute atomic E-state index is 0.00248. The van der Waals surface area contributed by atoms with E-state index in [-0.39, 0.29) is 37.6 Å². The summed E-state index contributed by atoms with van der Waals surface area (Å²) in [5, 5.41) is 17.5. The second kappa shape index (κ2) is 15.5. The molecule has 0 saturated heterocycles. The maximum Gasteiger partial charge on any atom is 0.304 e. The Morgan fingerprint density at radius 3 is 2.70 bits per heavy atom. The van der Waals surface area contributed by atoms with Crippen molar-refractivity contribution in [1.29, 1.82) is 0 Å². The Morgan fingerprint density at radius 1 is 1.11 bits per heavy atom. The molecule has 2 heterocycles. The number of nitrogens with one attached hydrogen (secondary N) is 1. The molecule has 0 aliphatic rings. The SMILES string of the molecule is CCOc1cc2ncnc(Nc3ccc(OCc4ccccc4F)c(Cl)c3)c2cc1CC(=O)Cn1nc(SCCC(=O)O)sc1=S. The predicted octanol–water partition coefficient (Wildman–Crippen LogP) is 7.51. The fourth-order valence-corrected chi connectivity index (χ4v) is 6.93. The highest BCUT2D eigenvalue weighted by Crippen LogP contribution is 2.33. The maximum absolute atomic E-state index is 14.0. The summed E-state index contributed by atoms with van der Waals surface area (Å²) >= 11 is 14.4. The molecule has 15 heteroatoms. The second-order valence-corrected chi connectivity index (χ2v) is 13.2. The van der Waals surface area contributed by atoms with Gasteiger partial charge in [-0.15, -0.1) is 0 Å². The lowest BCUT2D eigenvalue weighted by atomic mass is 10.0. The number of aliphatic carboxylic acids is 1. The zero-order valence-electron chi connectivity index (χ0n) is 24.4. The minimum Gasteiger partial charge on any atom is -0.494 e. The van der Waals surface area contributed by atoms with Crippen molar-refractivity contribution in [3.05, 3.63) is 86.8 Å². The van der Waals surface area contributed by atoms with Crippen LogP contribution in [0.1, 0.15) is 24.5 Å². The number of ether oxygens (including phenoxy) is 2. The molecular formula is C31H27ClFN5O5S3. The van der Waals surface area contributed by atoms with Gasteiger partial charge < -0.3 is 19.9 Å². The number of benzene rings is 3. The molecule has 2 aromatic heterocycles. The summed E-state index contributed by atoms with van der Waals surface area (Å²) in [5.74, 6) is 0.385. The van der Waals surface area contributed by atoms with Crippen molar-refractivity contribution in [3.8, 4) is 11.5 Å². The number of carboxylic acids is 1. The van der Waals surface area contributed by atoms with Crippen molar-refractivity contribution in [3.63, 3.8) is 0 Å². The second-order valence-electron chi connectivity index (χ2n) is 9.78. The molecule has 0 unspecified atom stereocenters. The first-order chi connectivity index (χ1) is 22.2. The van der Waals surface area contributed by atoms with Crippen LogP contribution >= 0.6 is 46.9 Å². The van der Waals surface area contributed by atoms with E-state index in [4.69, 9.17) is 38.4 Å². The maximum atomic E-state index is 14.0. The summed E-state index contributed by atoms with van der Waals surface area (Å²) in [4.78, 5) is 32.8. The van der Waals surface area contributed by atoms with Gasteiger partial charge in [-0.1, -0.05) is 52.9 Å². The molecule has 3 aromatic carbocycles. The van der Waals surface area contributed by atoms with E-state index < -0.39 is 5.97 Å². The summed E-state index contributed by atoms with van der Waals surface area (Å²) in [6, 6.07) is 15.1. The van der Waals surface area contributed by atoms with Crippen molar-refractivity contribution >= 4 is 81.1 Å². The van der Waals surface area contributed by atoms with E-state index in [1.54, 1.807) is 42.5 Å². The normalized spacial score (nSPS) is 11.0. The lowest BCUT2D eigenvalue weighted by molar-refractivity contribution is -0.136. The van der Waals surface area contributed by atoms with Gasteiger partial charge in [-0.3, -0.25) is 9.59 Å². The van der Waals surface area contributed by atoms with Gasteiger partial charge in [0.2, 0.25) is 0 Å². The highest BCUT2D eigenvalue weighted by atomic mass is 35.5. The smallest absolute Gasteiger partial charge is 0.304 e. The Morgan fingerprint density at radius 2 is 1.93 bits per heavy atom. The molecule has 5 aromatic rings. The summed E-state index contributed by atoms with van der Waals surface area (Å²) in [6.45, 7) is 2.23. The Hall–Kier alpha value is -4.11. The van der Waals surface area contributed by atoms with Crippen molar-refractivity contribution in [2.45, 2.75) is 37.3 Å². The van der Waals surface area contributed by atoms with Crippen molar-refractivity contribution in [2.24, 2.45) is 0 Å². The standard InChI is InChI=1S/C31H27ClFN5O5S3/c1-2-42-27-14-25-22(12-19(27)11-21(39)15-38-31(44)46-30(37-38)45-10-9-28(40)41)29(35-17-34-25)36-20-7-8-26(23(32)13-20)43-16-18-5-3-4-6-24(18)33/h3-8,12-14,17H,2,9-11,15-16H2,1H3,(H,40,41)(H,34,35,36). The first kappa shape index (κ1) is 33.3. The molecule has 0 amide bonds. The van der Waals surface area contributed by atoms with Crippen LogP contribution in [-0.2, 0) is 29.2 Å². The summed E-state index contributed by atoms with van der Waals surface area (Å²) < 4.78 is 28.1. The highest BCUT2D eigenvalue weighted by molar-refractivity contribution is 8.01. The van der Waals surface area contributed by atoms with Gasteiger partial charge >= 0.3 is 5.97 Å². The van der Waals surface area contributed by atoms with Crippen LogP contribution in [0.15, 0.2) is 65.3 Å². The van der Waals surface area contributed by atoms with Crippen LogP contribution in [-0.4, -0.2) is 49.0 Å². The number of carboxylic acid groups (broad SMARTS) is 1. The topological polar surface area (TPSA) is 128 Å². The molecule has 0 bridgehead atoms. The zero-order valence-corrected chi connectivity index (χ0v) is 27.6. The quantitative estimate of drug-likeness (QED) is 0.0832. The largest absolute Gasteiger partial charge is 0.494 e. The number of halogens is 2. The average Bonchev–Trinajstić information content (AvgIpc) is 3.36. The van der Waals surface area contributed by atoms with Gasteiger partial charge in [0, 0.05) is 40.4 Å². The molecule has 0 atom stereocenters. The van der Waals surface area contributed by atoms with Crippen LogP contribution in [0.3, 0.4) is 0 Å². The van der Waals surface area contributed by atoms with Crippen LogP contribution in [0.25, 0.3) is 10.9 Å². The zero-order chi connectivity index (χ0) is 32.6. The number of hydrogen-bond donors (Lipinski definition) is 2. The monoisotopic (exact) mass is 699 g/mol. The summed E-state index contributed by atoms with van der Waals surface area (Å²) in [5.41, 5.74) is 2.30. The predicted molar refractivity (Wildman–Crippen MR) is 179 cm³/mol. The van der Waals surface area contributed by atoms with E-state index in [0.717, 1.165) is 0 Å².